The molecule has 1 unspecified atom stereocenters. The third kappa shape index (κ3) is 4.06. The Morgan fingerprint density at radius 3 is 2.78 bits per heavy atom. The first kappa shape index (κ1) is 17.8. The Balaban J connectivity index is 0.000000924. The second-order valence-corrected chi connectivity index (χ2v) is 6.37. The van der Waals surface area contributed by atoms with Crippen molar-refractivity contribution in [3.63, 3.8) is 0 Å². The summed E-state index contributed by atoms with van der Waals surface area (Å²) < 4.78 is 6.04. The number of hydrogen-bond acceptors (Lipinski definition) is 2. The summed E-state index contributed by atoms with van der Waals surface area (Å²) in [5.74, 6) is 2.85. The summed E-state index contributed by atoms with van der Waals surface area (Å²) in [6.45, 7) is 11.2. The van der Waals surface area contributed by atoms with Crippen molar-refractivity contribution in [2.24, 2.45) is 11.7 Å². The van der Waals surface area contributed by atoms with Crippen LogP contribution in [0.1, 0.15) is 63.5 Å². The molecule has 0 amide bonds. The normalized spacial score (nSPS) is 22.1. The molecule has 2 N–H and O–H groups in total. The van der Waals surface area contributed by atoms with Crippen molar-refractivity contribution < 1.29 is 4.74 Å². The summed E-state index contributed by atoms with van der Waals surface area (Å²) in [7, 11) is 0. The number of allylic oxidation sites excluding steroid dienone is 3. The summed E-state index contributed by atoms with van der Waals surface area (Å²) in [6, 6.07) is 6.71. The first-order valence-electron chi connectivity index (χ1n) is 9.06. The van der Waals surface area contributed by atoms with Gasteiger partial charge in [-0.05, 0) is 57.2 Å². The molecule has 1 heterocycles. The molecule has 1 aromatic rings. The maximum Gasteiger partial charge on any atom is 0.131 e. The molecule has 0 aromatic heterocycles. The quantitative estimate of drug-likeness (QED) is 0.601. The van der Waals surface area contributed by atoms with E-state index in [2.05, 4.69) is 37.8 Å². The molecule has 1 aliphatic heterocycles. The van der Waals surface area contributed by atoms with Crippen LogP contribution in [0.25, 0.3) is 0 Å². The maximum atomic E-state index is 6.04. The molecule has 0 spiro atoms. The van der Waals surface area contributed by atoms with Crippen LogP contribution in [0.15, 0.2) is 42.2 Å². The lowest BCUT2D eigenvalue weighted by Crippen LogP contribution is -2.25. The number of aryl methyl sites for hydroxylation is 1. The Morgan fingerprint density at radius 2 is 2.04 bits per heavy atom. The maximum absolute atomic E-state index is 6.04. The Hall–Kier alpha value is -1.54. The van der Waals surface area contributed by atoms with Crippen LogP contribution in [0.4, 0.5) is 0 Å². The second-order valence-electron chi connectivity index (χ2n) is 6.37. The number of unbranched alkanes of at least 4 members (excludes halogenated alkanes) is 1. The zero-order valence-electron chi connectivity index (χ0n) is 14.9. The van der Waals surface area contributed by atoms with Crippen molar-refractivity contribution in [1.82, 2.24) is 0 Å². The predicted molar refractivity (Wildman–Crippen MR) is 98.8 cm³/mol. The highest BCUT2D eigenvalue weighted by Crippen LogP contribution is 2.47. The number of rotatable bonds is 4. The van der Waals surface area contributed by atoms with Crippen LogP contribution in [0, 0.1) is 5.92 Å². The molecular formula is C21H31NO. The van der Waals surface area contributed by atoms with Crippen LogP contribution in [0.2, 0.25) is 0 Å². The highest BCUT2D eigenvalue weighted by Gasteiger charge is 2.34. The minimum absolute atomic E-state index is 0.448. The van der Waals surface area contributed by atoms with Crippen LogP contribution < -0.4 is 10.5 Å². The van der Waals surface area contributed by atoms with Crippen LogP contribution in [-0.4, -0.2) is 6.54 Å². The molecule has 0 fully saturated rings. The van der Waals surface area contributed by atoms with Crippen molar-refractivity contribution in [2.75, 3.05) is 6.54 Å². The van der Waals surface area contributed by atoms with E-state index >= 15 is 0 Å². The van der Waals surface area contributed by atoms with Crippen molar-refractivity contribution in [1.29, 1.82) is 0 Å². The molecule has 0 saturated carbocycles. The minimum atomic E-state index is 0.448. The molecule has 0 saturated heterocycles. The fourth-order valence-electron chi connectivity index (χ4n) is 3.52. The molecule has 0 radical (unpaired) electrons. The van der Waals surface area contributed by atoms with E-state index < -0.39 is 0 Å². The van der Waals surface area contributed by atoms with Crippen LogP contribution in [0.3, 0.4) is 0 Å². The first-order valence-corrected chi connectivity index (χ1v) is 9.06. The zero-order valence-corrected chi connectivity index (χ0v) is 14.9. The van der Waals surface area contributed by atoms with Gasteiger partial charge in [0.1, 0.15) is 11.5 Å². The average molecular weight is 313 g/mol. The highest BCUT2D eigenvalue weighted by molar-refractivity contribution is 5.47. The molecule has 3 rings (SSSR count). The number of fused-ring (bicyclic) bond motifs is 3. The molecular weight excluding hydrogens is 282 g/mol. The molecule has 0 bridgehead atoms. The number of benzene rings is 1. The summed E-state index contributed by atoms with van der Waals surface area (Å²) >= 11 is 0. The Morgan fingerprint density at radius 1 is 1.26 bits per heavy atom. The van der Waals surface area contributed by atoms with Gasteiger partial charge in [0.15, 0.2) is 0 Å². The third-order valence-electron chi connectivity index (χ3n) is 4.76. The van der Waals surface area contributed by atoms with E-state index in [1.165, 1.54) is 16.7 Å². The summed E-state index contributed by atoms with van der Waals surface area (Å²) in [5, 5.41) is 0. The highest BCUT2D eigenvalue weighted by atomic mass is 16.5. The lowest BCUT2D eigenvalue weighted by atomic mass is 9.74. The van der Waals surface area contributed by atoms with E-state index in [-0.39, 0.29) is 0 Å². The van der Waals surface area contributed by atoms with E-state index in [9.17, 15) is 0 Å². The van der Waals surface area contributed by atoms with Gasteiger partial charge in [0, 0.05) is 17.4 Å². The topological polar surface area (TPSA) is 35.2 Å². The van der Waals surface area contributed by atoms with Gasteiger partial charge < -0.3 is 10.5 Å². The van der Waals surface area contributed by atoms with E-state index in [0.717, 1.165) is 50.2 Å². The van der Waals surface area contributed by atoms with Crippen LogP contribution in [0.5, 0.6) is 5.75 Å². The molecule has 1 aliphatic carbocycles. The van der Waals surface area contributed by atoms with Gasteiger partial charge in [0.25, 0.3) is 0 Å². The van der Waals surface area contributed by atoms with Gasteiger partial charge in [-0.3, -0.25) is 0 Å². The standard InChI is InChI=1S/C19H25NO.C2H6/c1-13-6-8-16-14(2)21-19-12-15(5-3-4-10-20)7-9-17(19)18(16)11-13;1-2/h7,9,11-12,16,18H,2-6,8,10,20H2,1H3;1-2H3/t16-,18?;/m0./s1. The van der Waals surface area contributed by atoms with Gasteiger partial charge in [-0.15, -0.1) is 0 Å². The molecule has 1 aromatic carbocycles. The molecule has 23 heavy (non-hydrogen) atoms. The SMILES string of the molecule is C=C1Oc2cc(CCCCN)ccc2C2C=C(C)CC[C@@H]12.CC. The molecule has 2 nitrogen and oxygen atoms in total. The number of ether oxygens (including phenoxy) is 1. The minimum Gasteiger partial charge on any atom is -0.462 e. The summed E-state index contributed by atoms with van der Waals surface area (Å²) in [4.78, 5) is 0. The van der Waals surface area contributed by atoms with Crippen molar-refractivity contribution >= 4 is 0 Å². The smallest absolute Gasteiger partial charge is 0.131 e. The van der Waals surface area contributed by atoms with Gasteiger partial charge >= 0.3 is 0 Å². The fraction of sp³-hybridized carbons (Fsp3) is 0.524. The van der Waals surface area contributed by atoms with Gasteiger partial charge in [-0.1, -0.05) is 44.2 Å². The van der Waals surface area contributed by atoms with Crippen molar-refractivity contribution in [3.05, 3.63) is 53.3 Å². The lowest BCUT2D eigenvalue weighted by Gasteiger charge is -2.36. The molecule has 2 aliphatic rings. The average Bonchev–Trinajstić information content (AvgIpc) is 2.56. The largest absolute Gasteiger partial charge is 0.462 e. The van der Waals surface area contributed by atoms with Crippen molar-refractivity contribution in [3.8, 4) is 5.75 Å². The van der Waals surface area contributed by atoms with E-state index in [0.29, 0.717) is 11.8 Å². The van der Waals surface area contributed by atoms with Gasteiger partial charge in [0.2, 0.25) is 0 Å². The van der Waals surface area contributed by atoms with Crippen LogP contribution >= 0.6 is 0 Å². The summed E-state index contributed by atoms with van der Waals surface area (Å²) in [5.41, 5.74) is 9.72. The molecule has 2 heteroatoms. The van der Waals surface area contributed by atoms with Gasteiger partial charge in [0.05, 0.1) is 0 Å². The van der Waals surface area contributed by atoms with E-state index in [4.69, 9.17) is 10.5 Å². The van der Waals surface area contributed by atoms with Crippen LogP contribution in [-0.2, 0) is 6.42 Å². The zero-order chi connectivity index (χ0) is 16.8. The molecule has 126 valence electrons. The number of hydrogen-bond donors (Lipinski definition) is 1. The van der Waals surface area contributed by atoms with E-state index in [1.54, 1.807) is 0 Å². The Bertz CT molecular complexity index is 573. The summed E-state index contributed by atoms with van der Waals surface area (Å²) in [6.07, 6.45) is 8.02. The fourth-order valence-corrected chi connectivity index (χ4v) is 3.52. The Kier molecular flexibility index (Phi) is 6.47. The van der Waals surface area contributed by atoms with Gasteiger partial charge in [-0.25, -0.2) is 0 Å². The van der Waals surface area contributed by atoms with Crippen molar-refractivity contribution in [2.45, 2.75) is 58.8 Å². The molecule has 2 atom stereocenters. The number of nitrogens with two attached hydrogens (primary N) is 1. The lowest BCUT2D eigenvalue weighted by molar-refractivity contribution is 0.281. The second kappa shape index (κ2) is 8.35. The van der Waals surface area contributed by atoms with E-state index in [1.807, 2.05) is 13.8 Å². The first-order chi connectivity index (χ1) is 11.2. The van der Waals surface area contributed by atoms with Gasteiger partial charge in [-0.2, -0.15) is 0 Å². The Labute approximate surface area is 141 Å². The monoisotopic (exact) mass is 313 g/mol. The predicted octanol–water partition coefficient (Wildman–Crippen LogP) is 5.34. The third-order valence-corrected chi connectivity index (χ3v) is 4.76.